The highest BCUT2D eigenvalue weighted by molar-refractivity contribution is 6.35. The summed E-state index contributed by atoms with van der Waals surface area (Å²) in [5.41, 5.74) is 1.41. The number of hydrogen-bond acceptors (Lipinski definition) is 2. The van der Waals surface area contributed by atoms with E-state index in [2.05, 4.69) is 37.9 Å². The molecule has 2 rings (SSSR count). The molecule has 118 valence electrons. The molecule has 1 fully saturated rings. The van der Waals surface area contributed by atoms with E-state index in [1.54, 1.807) is 0 Å². The summed E-state index contributed by atoms with van der Waals surface area (Å²) in [4.78, 5) is 2.53. The molecular formula is C17H26Cl2N2. The Balaban J connectivity index is 2.15. The molecular weight excluding hydrogens is 303 g/mol. The van der Waals surface area contributed by atoms with Crippen molar-refractivity contribution in [1.82, 2.24) is 10.2 Å². The van der Waals surface area contributed by atoms with Gasteiger partial charge in [0, 0.05) is 35.2 Å². The van der Waals surface area contributed by atoms with Crippen LogP contribution in [-0.4, -0.2) is 30.1 Å². The van der Waals surface area contributed by atoms with Crippen LogP contribution in [0, 0.1) is 5.41 Å². The van der Waals surface area contributed by atoms with Gasteiger partial charge in [0.15, 0.2) is 0 Å². The smallest absolute Gasteiger partial charge is 0.0465 e. The van der Waals surface area contributed by atoms with Crippen LogP contribution in [-0.2, 0) is 6.54 Å². The summed E-state index contributed by atoms with van der Waals surface area (Å²) < 4.78 is 0. The van der Waals surface area contributed by atoms with Gasteiger partial charge in [0.2, 0.25) is 0 Å². The molecule has 1 aromatic rings. The van der Waals surface area contributed by atoms with Gasteiger partial charge in [0.05, 0.1) is 0 Å². The zero-order valence-corrected chi connectivity index (χ0v) is 14.9. The second-order valence-corrected chi connectivity index (χ2v) is 8.02. The molecule has 0 aromatic heterocycles. The summed E-state index contributed by atoms with van der Waals surface area (Å²) in [7, 11) is 0. The predicted molar refractivity (Wildman–Crippen MR) is 92.2 cm³/mol. The van der Waals surface area contributed by atoms with Crippen LogP contribution < -0.4 is 5.32 Å². The molecule has 4 heteroatoms. The van der Waals surface area contributed by atoms with Crippen LogP contribution in [0.25, 0.3) is 0 Å². The maximum atomic E-state index is 6.34. The Morgan fingerprint density at radius 3 is 2.62 bits per heavy atom. The molecule has 0 aliphatic carbocycles. The molecule has 2 nitrogen and oxygen atoms in total. The zero-order chi connectivity index (χ0) is 15.6. The van der Waals surface area contributed by atoms with Gasteiger partial charge in [-0.3, -0.25) is 4.90 Å². The number of nitrogens with zero attached hydrogens (tertiary/aromatic N) is 1. The molecule has 0 amide bonds. The highest BCUT2D eigenvalue weighted by Gasteiger charge is 2.30. The Morgan fingerprint density at radius 1 is 1.29 bits per heavy atom. The minimum Gasteiger partial charge on any atom is -0.312 e. The van der Waals surface area contributed by atoms with Crippen molar-refractivity contribution in [2.24, 2.45) is 5.41 Å². The highest BCUT2D eigenvalue weighted by atomic mass is 35.5. The van der Waals surface area contributed by atoms with Gasteiger partial charge in [-0.1, -0.05) is 50.0 Å². The fraction of sp³-hybridized carbons (Fsp3) is 0.647. The summed E-state index contributed by atoms with van der Waals surface area (Å²) >= 11 is 12.3. The molecule has 1 aliphatic rings. The predicted octanol–water partition coefficient (Wildman–Crippen LogP) is 4.59. The molecule has 1 aromatic carbocycles. The molecule has 21 heavy (non-hydrogen) atoms. The summed E-state index contributed by atoms with van der Waals surface area (Å²) in [6.45, 7) is 12.2. The van der Waals surface area contributed by atoms with E-state index in [1.165, 1.54) is 0 Å². The molecule has 1 heterocycles. The number of nitrogens with one attached hydrogen (secondary N) is 1. The SMILES string of the molecule is CC1CCNC(C(C)(C)C)CN1Cc1ccc(Cl)cc1Cl. The van der Waals surface area contributed by atoms with E-state index in [0.29, 0.717) is 17.1 Å². The minimum atomic E-state index is 0.256. The molecule has 2 unspecified atom stereocenters. The third kappa shape index (κ3) is 4.59. The second kappa shape index (κ2) is 6.87. The molecule has 0 saturated carbocycles. The largest absolute Gasteiger partial charge is 0.312 e. The number of benzene rings is 1. The Hall–Kier alpha value is -0.280. The van der Waals surface area contributed by atoms with Gasteiger partial charge < -0.3 is 5.32 Å². The number of hydrogen-bond donors (Lipinski definition) is 1. The van der Waals surface area contributed by atoms with Crippen LogP contribution in [0.1, 0.15) is 39.7 Å². The van der Waals surface area contributed by atoms with Crippen LogP contribution in [0.5, 0.6) is 0 Å². The van der Waals surface area contributed by atoms with E-state index in [9.17, 15) is 0 Å². The lowest BCUT2D eigenvalue weighted by Gasteiger charge is -2.35. The molecule has 1 saturated heterocycles. The van der Waals surface area contributed by atoms with Crippen LogP contribution in [0.15, 0.2) is 18.2 Å². The van der Waals surface area contributed by atoms with E-state index < -0.39 is 0 Å². The Kier molecular flexibility index (Phi) is 5.59. The quantitative estimate of drug-likeness (QED) is 0.853. The van der Waals surface area contributed by atoms with Crippen LogP contribution >= 0.6 is 23.2 Å². The van der Waals surface area contributed by atoms with Crippen LogP contribution in [0.4, 0.5) is 0 Å². The van der Waals surface area contributed by atoms with Crippen molar-refractivity contribution in [3.05, 3.63) is 33.8 Å². The van der Waals surface area contributed by atoms with Gasteiger partial charge in [-0.05, 0) is 43.0 Å². The average molecular weight is 329 g/mol. The van der Waals surface area contributed by atoms with Crippen molar-refractivity contribution in [3.63, 3.8) is 0 Å². The van der Waals surface area contributed by atoms with Crippen molar-refractivity contribution >= 4 is 23.2 Å². The highest BCUT2D eigenvalue weighted by Crippen LogP contribution is 2.27. The van der Waals surface area contributed by atoms with Crippen molar-refractivity contribution in [2.45, 2.75) is 52.7 Å². The lowest BCUT2D eigenvalue weighted by molar-refractivity contribution is 0.157. The van der Waals surface area contributed by atoms with Crippen molar-refractivity contribution in [1.29, 1.82) is 0 Å². The average Bonchev–Trinajstić information content (AvgIpc) is 2.55. The Bertz CT molecular complexity index is 482. The summed E-state index contributed by atoms with van der Waals surface area (Å²) in [6.07, 6.45) is 1.16. The van der Waals surface area contributed by atoms with E-state index in [1.807, 2.05) is 18.2 Å². The van der Waals surface area contributed by atoms with Gasteiger partial charge in [-0.2, -0.15) is 0 Å². The van der Waals surface area contributed by atoms with Crippen LogP contribution in [0.3, 0.4) is 0 Å². The first-order valence-corrected chi connectivity index (χ1v) is 8.44. The van der Waals surface area contributed by atoms with Crippen LogP contribution in [0.2, 0.25) is 10.0 Å². The second-order valence-electron chi connectivity index (χ2n) is 7.18. The van der Waals surface area contributed by atoms with Crippen molar-refractivity contribution in [2.75, 3.05) is 13.1 Å². The summed E-state index contributed by atoms with van der Waals surface area (Å²) in [5, 5.41) is 5.16. The first kappa shape index (κ1) is 17.1. The maximum Gasteiger partial charge on any atom is 0.0465 e. The van der Waals surface area contributed by atoms with Gasteiger partial charge in [0.25, 0.3) is 0 Å². The number of rotatable bonds is 2. The molecule has 0 radical (unpaired) electrons. The summed E-state index contributed by atoms with van der Waals surface area (Å²) in [6, 6.07) is 6.84. The topological polar surface area (TPSA) is 15.3 Å². The van der Waals surface area contributed by atoms with Crippen molar-refractivity contribution in [3.8, 4) is 0 Å². The van der Waals surface area contributed by atoms with Gasteiger partial charge in [-0.15, -0.1) is 0 Å². The van der Waals surface area contributed by atoms with Gasteiger partial charge in [-0.25, -0.2) is 0 Å². The fourth-order valence-corrected chi connectivity index (χ4v) is 3.27. The summed E-state index contributed by atoms with van der Waals surface area (Å²) in [5.74, 6) is 0. The first-order valence-electron chi connectivity index (χ1n) is 7.68. The maximum absolute atomic E-state index is 6.34. The molecule has 0 bridgehead atoms. The number of halogens is 2. The molecule has 1 N–H and O–H groups in total. The minimum absolute atomic E-state index is 0.256. The van der Waals surface area contributed by atoms with E-state index in [-0.39, 0.29) is 5.41 Å². The lowest BCUT2D eigenvalue weighted by atomic mass is 9.86. The lowest BCUT2D eigenvalue weighted by Crippen LogP contribution is -2.47. The monoisotopic (exact) mass is 328 g/mol. The fourth-order valence-electron chi connectivity index (χ4n) is 2.80. The first-order chi connectivity index (χ1) is 9.77. The van der Waals surface area contributed by atoms with Gasteiger partial charge >= 0.3 is 0 Å². The van der Waals surface area contributed by atoms with Crippen molar-refractivity contribution < 1.29 is 0 Å². The third-order valence-corrected chi connectivity index (χ3v) is 5.01. The molecule has 0 spiro atoms. The molecule has 1 aliphatic heterocycles. The standard InChI is InChI=1S/C17H26Cl2N2/c1-12-7-8-20-16(17(2,3)4)11-21(12)10-13-5-6-14(18)9-15(13)19/h5-6,9,12,16,20H,7-8,10-11H2,1-4H3. The Morgan fingerprint density at radius 2 is 2.00 bits per heavy atom. The third-order valence-electron chi connectivity index (χ3n) is 4.43. The molecule has 2 atom stereocenters. The Labute approximate surface area is 138 Å². The zero-order valence-electron chi connectivity index (χ0n) is 13.4. The van der Waals surface area contributed by atoms with E-state index in [4.69, 9.17) is 23.2 Å². The van der Waals surface area contributed by atoms with E-state index >= 15 is 0 Å². The normalized spacial score (nSPS) is 24.9. The van der Waals surface area contributed by atoms with Gasteiger partial charge in [0.1, 0.15) is 0 Å². The van der Waals surface area contributed by atoms with E-state index in [0.717, 1.165) is 36.6 Å².